The lowest BCUT2D eigenvalue weighted by molar-refractivity contribution is -0.929. The van der Waals surface area contributed by atoms with Gasteiger partial charge in [-0.25, -0.2) is 9.59 Å². The molecule has 4 atom stereocenters. The molecule has 0 aromatic heterocycles. The molecular weight excluding hydrogens is 758 g/mol. The highest BCUT2D eigenvalue weighted by Gasteiger charge is 2.42. The van der Waals surface area contributed by atoms with Crippen molar-refractivity contribution in [2.45, 2.75) is 96.6 Å². The summed E-state index contributed by atoms with van der Waals surface area (Å²) >= 11 is 0. The van der Waals surface area contributed by atoms with Gasteiger partial charge in [-0.1, -0.05) is 0 Å². The SMILES string of the molecule is CCOC(=O)C1CCCC[N+]1(C)CCC(=O)OCCCCCOC(=O)CC[N+]1(C)CCCCC1C(=O)OCC.[I-].[I-]. The van der Waals surface area contributed by atoms with Gasteiger partial charge in [-0.05, 0) is 58.8 Å². The van der Waals surface area contributed by atoms with E-state index in [-0.39, 0.29) is 96.8 Å². The van der Waals surface area contributed by atoms with E-state index in [1.807, 2.05) is 27.9 Å². The van der Waals surface area contributed by atoms with Crippen LogP contribution in [-0.2, 0) is 38.1 Å². The lowest BCUT2D eigenvalue weighted by Gasteiger charge is -2.43. The number of likely N-dealkylation sites (tertiary alicyclic amines) is 2. The van der Waals surface area contributed by atoms with Gasteiger partial charge in [0.2, 0.25) is 0 Å². The number of carbonyl (C=O) groups is 4. The predicted octanol–water partition coefficient (Wildman–Crippen LogP) is -2.84. The summed E-state index contributed by atoms with van der Waals surface area (Å²) in [4.78, 5) is 49.3. The maximum Gasteiger partial charge on any atom is 0.364 e. The Hall–Kier alpha value is -0.740. The van der Waals surface area contributed by atoms with Gasteiger partial charge in [0.1, 0.15) is 0 Å². The number of hydrogen-bond acceptors (Lipinski definition) is 8. The van der Waals surface area contributed by atoms with Crippen LogP contribution in [0.2, 0.25) is 0 Å². The zero-order chi connectivity index (χ0) is 28.7. The van der Waals surface area contributed by atoms with Crippen LogP contribution in [0.3, 0.4) is 0 Å². The first kappa shape index (κ1) is 40.3. The topological polar surface area (TPSA) is 105 Å². The van der Waals surface area contributed by atoms with E-state index in [0.717, 1.165) is 58.0 Å². The highest BCUT2D eigenvalue weighted by Crippen LogP contribution is 2.26. The van der Waals surface area contributed by atoms with Crippen LogP contribution in [0, 0.1) is 0 Å². The van der Waals surface area contributed by atoms with E-state index in [9.17, 15) is 19.2 Å². The minimum absolute atomic E-state index is 0. The Morgan fingerprint density at radius 3 is 1.37 bits per heavy atom. The number of quaternary nitrogens is 2. The summed E-state index contributed by atoms with van der Waals surface area (Å²) in [5, 5.41) is 0. The fourth-order valence-electron chi connectivity index (χ4n) is 5.90. The molecular formula is C29H52I2N2O8. The molecule has 0 N–H and O–H groups in total. The molecule has 41 heavy (non-hydrogen) atoms. The Morgan fingerprint density at radius 2 is 1.00 bits per heavy atom. The van der Waals surface area contributed by atoms with Crippen molar-refractivity contribution < 1.29 is 95.0 Å². The zero-order valence-corrected chi connectivity index (χ0v) is 29.8. The van der Waals surface area contributed by atoms with E-state index in [0.29, 0.717) is 61.3 Å². The number of nitrogens with zero attached hydrogens (tertiary/aromatic N) is 2. The lowest BCUT2D eigenvalue weighted by atomic mass is 9.98. The molecule has 0 amide bonds. The van der Waals surface area contributed by atoms with Gasteiger partial charge in [0.25, 0.3) is 0 Å². The molecule has 2 heterocycles. The highest BCUT2D eigenvalue weighted by molar-refractivity contribution is 5.75. The van der Waals surface area contributed by atoms with Crippen molar-refractivity contribution in [1.82, 2.24) is 0 Å². The molecule has 240 valence electrons. The molecule has 0 aliphatic carbocycles. The molecule has 10 nitrogen and oxygen atoms in total. The van der Waals surface area contributed by atoms with E-state index in [1.165, 1.54) is 0 Å². The number of likely N-dealkylation sites (N-methyl/N-ethyl adjacent to an activating group) is 2. The van der Waals surface area contributed by atoms with Crippen molar-refractivity contribution in [1.29, 1.82) is 0 Å². The van der Waals surface area contributed by atoms with Crippen LogP contribution in [0.1, 0.15) is 84.5 Å². The third-order valence-corrected chi connectivity index (χ3v) is 8.38. The minimum atomic E-state index is -0.246. The quantitative estimate of drug-likeness (QED) is 0.0541. The number of rotatable bonds is 16. The van der Waals surface area contributed by atoms with Crippen LogP contribution in [0.15, 0.2) is 0 Å². The minimum Gasteiger partial charge on any atom is -1.00 e. The van der Waals surface area contributed by atoms with E-state index in [4.69, 9.17) is 18.9 Å². The standard InChI is InChI=1S/C29H52N2O8.2HI/c1-5-36-28(34)24-14-8-10-18-30(24,3)20-16-26(32)38-22-12-7-13-23-39-27(33)17-21-31(4)19-11-9-15-25(31)29(35)37-6-2;;/h24-25H,5-23H2,1-4H3;2*1H/q+2;;/p-2. The van der Waals surface area contributed by atoms with Gasteiger partial charge in [0.15, 0.2) is 12.1 Å². The Morgan fingerprint density at radius 1 is 0.610 bits per heavy atom. The van der Waals surface area contributed by atoms with E-state index >= 15 is 0 Å². The number of hydrogen-bond donors (Lipinski definition) is 0. The van der Waals surface area contributed by atoms with Crippen molar-refractivity contribution in [3.05, 3.63) is 0 Å². The molecule has 0 radical (unpaired) electrons. The molecule has 2 fully saturated rings. The molecule has 0 saturated carbocycles. The Bertz CT molecular complexity index is 754. The molecule has 0 spiro atoms. The Kier molecular flexibility index (Phi) is 20.7. The monoisotopic (exact) mass is 810 g/mol. The first-order valence-electron chi connectivity index (χ1n) is 15.0. The number of piperidine rings is 2. The van der Waals surface area contributed by atoms with Crippen LogP contribution in [0.4, 0.5) is 0 Å². The second kappa shape index (κ2) is 21.0. The van der Waals surface area contributed by atoms with Crippen LogP contribution < -0.4 is 48.0 Å². The first-order valence-corrected chi connectivity index (χ1v) is 15.0. The molecule has 2 rings (SSSR count). The van der Waals surface area contributed by atoms with Gasteiger partial charge in [-0.2, -0.15) is 0 Å². The van der Waals surface area contributed by atoms with Crippen molar-refractivity contribution in [3.8, 4) is 0 Å². The van der Waals surface area contributed by atoms with Crippen LogP contribution in [-0.4, -0.2) is 112 Å². The van der Waals surface area contributed by atoms with Crippen molar-refractivity contribution in [2.24, 2.45) is 0 Å². The second-order valence-electron chi connectivity index (χ2n) is 11.4. The fourth-order valence-corrected chi connectivity index (χ4v) is 5.90. The molecule has 4 unspecified atom stereocenters. The zero-order valence-electron chi connectivity index (χ0n) is 25.5. The normalized spacial score (nSPS) is 25.6. The van der Waals surface area contributed by atoms with Gasteiger partial charge in [0, 0.05) is 12.8 Å². The summed E-state index contributed by atoms with van der Waals surface area (Å²) < 4.78 is 22.4. The smallest absolute Gasteiger partial charge is 0.364 e. The molecule has 0 aromatic carbocycles. The third-order valence-electron chi connectivity index (χ3n) is 8.38. The maximum absolute atomic E-state index is 12.4. The summed E-state index contributed by atoms with van der Waals surface area (Å²) in [6.45, 7) is 7.89. The number of esters is 4. The highest BCUT2D eigenvalue weighted by atomic mass is 127. The third kappa shape index (κ3) is 13.6. The molecule has 2 aliphatic heterocycles. The Labute approximate surface area is 280 Å². The molecule has 2 saturated heterocycles. The van der Waals surface area contributed by atoms with Crippen LogP contribution in [0.25, 0.3) is 0 Å². The van der Waals surface area contributed by atoms with Crippen LogP contribution in [0.5, 0.6) is 0 Å². The van der Waals surface area contributed by atoms with Crippen LogP contribution >= 0.6 is 0 Å². The van der Waals surface area contributed by atoms with Gasteiger partial charge >= 0.3 is 23.9 Å². The summed E-state index contributed by atoms with van der Waals surface area (Å²) in [5.74, 6) is -0.831. The first-order chi connectivity index (χ1) is 18.6. The molecule has 0 bridgehead atoms. The predicted molar refractivity (Wildman–Crippen MR) is 145 cm³/mol. The fraction of sp³-hybridized carbons (Fsp3) is 0.862. The summed E-state index contributed by atoms with van der Waals surface area (Å²) in [5.41, 5.74) is 0. The summed E-state index contributed by atoms with van der Waals surface area (Å²) in [6.07, 6.45) is 8.43. The van der Waals surface area contributed by atoms with Crippen molar-refractivity contribution in [3.63, 3.8) is 0 Å². The largest absolute Gasteiger partial charge is 1.00 e. The maximum atomic E-state index is 12.4. The van der Waals surface area contributed by atoms with Gasteiger partial charge in [-0.3, -0.25) is 9.59 Å². The van der Waals surface area contributed by atoms with E-state index in [2.05, 4.69) is 0 Å². The molecule has 0 aromatic rings. The number of unbranched alkanes of at least 4 members (excludes halogenated alkanes) is 2. The number of carbonyl (C=O) groups excluding carboxylic acids is 4. The summed E-state index contributed by atoms with van der Waals surface area (Å²) in [6, 6.07) is -0.421. The van der Waals surface area contributed by atoms with E-state index < -0.39 is 0 Å². The number of halogens is 2. The van der Waals surface area contributed by atoms with Gasteiger partial charge in [-0.15, -0.1) is 0 Å². The van der Waals surface area contributed by atoms with Crippen molar-refractivity contribution in [2.75, 3.05) is 66.7 Å². The second-order valence-corrected chi connectivity index (χ2v) is 11.4. The Balaban J connectivity index is 0.00000800. The lowest BCUT2D eigenvalue weighted by Crippen LogP contribution is -3.00. The summed E-state index contributed by atoms with van der Waals surface area (Å²) in [7, 11) is 4.06. The average Bonchev–Trinajstić information content (AvgIpc) is 2.91. The van der Waals surface area contributed by atoms with Gasteiger partial charge in [0.05, 0.1) is 79.5 Å². The van der Waals surface area contributed by atoms with Gasteiger partial charge < -0.3 is 75.9 Å². The van der Waals surface area contributed by atoms with Crippen molar-refractivity contribution >= 4 is 23.9 Å². The molecule has 12 heteroatoms. The average molecular weight is 811 g/mol. The number of ether oxygens (including phenoxy) is 4. The van der Waals surface area contributed by atoms with E-state index in [1.54, 1.807) is 0 Å². The molecule has 2 aliphatic rings.